The molecule has 1 aliphatic heterocycles. The van der Waals surface area contributed by atoms with Crippen LogP contribution in [-0.4, -0.2) is 53.0 Å². The van der Waals surface area contributed by atoms with Crippen molar-refractivity contribution in [1.82, 2.24) is 4.31 Å². The number of nitrogens with zero attached hydrogens (tertiary/aromatic N) is 2. The zero-order valence-electron chi connectivity index (χ0n) is 11.0. The van der Waals surface area contributed by atoms with Crippen LogP contribution in [0.3, 0.4) is 0 Å². The molecule has 2 N–H and O–H groups in total. The predicted octanol–water partition coefficient (Wildman–Crippen LogP) is -0.359. The highest BCUT2D eigenvalue weighted by Crippen LogP contribution is 2.28. The number of ether oxygens (including phenoxy) is 1. The smallest absolute Gasteiger partial charge is 0.269 e. The van der Waals surface area contributed by atoms with Gasteiger partial charge in [0.05, 0.1) is 15.9 Å². The van der Waals surface area contributed by atoms with E-state index < -0.39 is 33.4 Å². The molecule has 1 heterocycles. The number of benzene rings is 1. The van der Waals surface area contributed by atoms with Crippen LogP contribution in [0.2, 0.25) is 0 Å². The van der Waals surface area contributed by atoms with Crippen LogP contribution in [0.4, 0.5) is 5.69 Å². The first-order chi connectivity index (χ1) is 9.75. The topological polar surface area (TPSA) is 130 Å². The third-order valence-electron chi connectivity index (χ3n) is 3.24. The average Bonchev–Trinajstić information content (AvgIpc) is 2.81. The van der Waals surface area contributed by atoms with Gasteiger partial charge in [-0.3, -0.25) is 10.1 Å². The molecule has 0 saturated carbocycles. The van der Waals surface area contributed by atoms with Crippen molar-refractivity contribution in [3.05, 3.63) is 34.4 Å². The summed E-state index contributed by atoms with van der Waals surface area (Å²) in [5, 5.41) is 29.2. The van der Waals surface area contributed by atoms with Crippen LogP contribution in [-0.2, 0) is 14.8 Å². The fraction of sp³-hybridized carbons (Fsp3) is 0.455. The monoisotopic (exact) mass is 318 g/mol. The summed E-state index contributed by atoms with van der Waals surface area (Å²) in [4.78, 5) is 9.74. The Bertz CT molecular complexity index is 628. The zero-order valence-corrected chi connectivity index (χ0v) is 11.8. The molecule has 1 fully saturated rings. The maximum Gasteiger partial charge on any atom is 0.269 e. The number of hydrogen-bond donors (Lipinski definition) is 2. The first kappa shape index (κ1) is 15.8. The first-order valence-corrected chi connectivity index (χ1v) is 7.43. The van der Waals surface area contributed by atoms with Crippen LogP contribution in [0.15, 0.2) is 29.2 Å². The fourth-order valence-corrected chi connectivity index (χ4v) is 3.66. The van der Waals surface area contributed by atoms with Gasteiger partial charge in [-0.15, -0.1) is 0 Å². The Kier molecular flexibility index (Phi) is 4.25. The van der Waals surface area contributed by atoms with E-state index in [9.17, 15) is 28.7 Å². The predicted molar refractivity (Wildman–Crippen MR) is 69.5 cm³/mol. The van der Waals surface area contributed by atoms with Crippen LogP contribution in [0.25, 0.3) is 0 Å². The van der Waals surface area contributed by atoms with Crippen molar-refractivity contribution >= 4 is 15.7 Å². The molecule has 2 atom stereocenters. The largest absolute Gasteiger partial charge is 0.367 e. The quantitative estimate of drug-likeness (QED) is 0.440. The Morgan fingerprint density at radius 3 is 2.43 bits per heavy atom. The number of nitro groups is 1. The normalized spacial score (nSPS) is 23.6. The standard InChI is InChI=1S/C11H14N2O7S/c1-7-10(11(14)15)12(6-20-7)21(18,19)9-4-2-8(3-5-9)13(16)17/h2-5,7,10-11,14-15H,6H2,1H3/t7-,10+/m1/s1. The van der Waals surface area contributed by atoms with Gasteiger partial charge in [0.15, 0.2) is 6.29 Å². The summed E-state index contributed by atoms with van der Waals surface area (Å²) >= 11 is 0. The van der Waals surface area contributed by atoms with Gasteiger partial charge in [-0.05, 0) is 19.1 Å². The molecule has 10 heteroatoms. The van der Waals surface area contributed by atoms with E-state index in [2.05, 4.69) is 0 Å². The lowest BCUT2D eigenvalue weighted by molar-refractivity contribution is -0.384. The van der Waals surface area contributed by atoms with E-state index in [1.165, 1.54) is 6.92 Å². The van der Waals surface area contributed by atoms with Gasteiger partial charge in [-0.2, -0.15) is 4.31 Å². The molecule has 9 nitrogen and oxygen atoms in total. The second kappa shape index (κ2) is 5.66. The average molecular weight is 318 g/mol. The van der Waals surface area contributed by atoms with Crippen molar-refractivity contribution in [2.75, 3.05) is 6.73 Å². The summed E-state index contributed by atoms with van der Waals surface area (Å²) in [6.07, 6.45) is -2.58. The second-order valence-corrected chi connectivity index (χ2v) is 6.44. The van der Waals surface area contributed by atoms with Crippen LogP contribution in [0, 0.1) is 10.1 Å². The van der Waals surface area contributed by atoms with E-state index in [1.807, 2.05) is 0 Å². The Labute approximate surface area is 120 Å². The molecule has 0 spiro atoms. The third-order valence-corrected chi connectivity index (χ3v) is 5.07. The zero-order chi connectivity index (χ0) is 15.8. The van der Waals surface area contributed by atoms with E-state index in [-0.39, 0.29) is 17.3 Å². The van der Waals surface area contributed by atoms with E-state index >= 15 is 0 Å². The number of sulfonamides is 1. The van der Waals surface area contributed by atoms with Crippen molar-refractivity contribution in [1.29, 1.82) is 0 Å². The van der Waals surface area contributed by atoms with E-state index in [0.717, 1.165) is 28.6 Å². The lowest BCUT2D eigenvalue weighted by Crippen LogP contribution is -2.46. The third kappa shape index (κ3) is 2.89. The van der Waals surface area contributed by atoms with E-state index in [0.29, 0.717) is 0 Å². The molecule has 0 amide bonds. The van der Waals surface area contributed by atoms with Crippen molar-refractivity contribution in [2.45, 2.75) is 30.3 Å². The van der Waals surface area contributed by atoms with E-state index in [1.54, 1.807) is 0 Å². The minimum atomic E-state index is -4.04. The van der Waals surface area contributed by atoms with E-state index in [4.69, 9.17) is 4.74 Å². The summed E-state index contributed by atoms with van der Waals surface area (Å²) in [5.74, 6) is 0. The van der Waals surface area contributed by atoms with Gasteiger partial charge in [0, 0.05) is 12.1 Å². The van der Waals surface area contributed by atoms with Crippen LogP contribution in [0.5, 0.6) is 0 Å². The Balaban J connectivity index is 2.35. The van der Waals surface area contributed by atoms with Crippen LogP contribution >= 0.6 is 0 Å². The molecule has 21 heavy (non-hydrogen) atoms. The van der Waals surface area contributed by atoms with Gasteiger partial charge in [-0.25, -0.2) is 8.42 Å². The van der Waals surface area contributed by atoms with Crippen molar-refractivity contribution in [3.8, 4) is 0 Å². The highest BCUT2D eigenvalue weighted by Gasteiger charge is 2.44. The van der Waals surface area contributed by atoms with Gasteiger partial charge >= 0.3 is 0 Å². The number of aliphatic hydroxyl groups is 2. The number of rotatable bonds is 4. The highest BCUT2D eigenvalue weighted by molar-refractivity contribution is 7.89. The minimum absolute atomic E-state index is 0.184. The molecule has 2 rings (SSSR count). The maximum atomic E-state index is 12.4. The number of hydrogen-bond acceptors (Lipinski definition) is 7. The summed E-state index contributed by atoms with van der Waals surface area (Å²) < 4.78 is 30.8. The van der Waals surface area contributed by atoms with Gasteiger partial charge in [0.25, 0.3) is 5.69 Å². The van der Waals surface area contributed by atoms with Gasteiger partial charge in [0.2, 0.25) is 10.0 Å². The Morgan fingerprint density at radius 1 is 1.38 bits per heavy atom. The summed E-state index contributed by atoms with van der Waals surface area (Å²) in [5.41, 5.74) is -0.237. The molecule has 0 aromatic heterocycles. The minimum Gasteiger partial charge on any atom is -0.367 e. The molecular weight excluding hydrogens is 304 g/mol. The van der Waals surface area contributed by atoms with Gasteiger partial charge in [0.1, 0.15) is 12.8 Å². The molecule has 1 aromatic rings. The number of non-ortho nitro benzene ring substituents is 1. The molecule has 116 valence electrons. The lowest BCUT2D eigenvalue weighted by Gasteiger charge is -2.25. The van der Waals surface area contributed by atoms with Gasteiger partial charge < -0.3 is 14.9 Å². The Hall–Kier alpha value is -1.59. The van der Waals surface area contributed by atoms with Crippen molar-refractivity contribution < 1.29 is 28.3 Å². The van der Waals surface area contributed by atoms with Gasteiger partial charge in [-0.1, -0.05) is 0 Å². The first-order valence-electron chi connectivity index (χ1n) is 5.99. The molecule has 0 radical (unpaired) electrons. The molecule has 0 bridgehead atoms. The van der Waals surface area contributed by atoms with Crippen molar-refractivity contribution in [2.24, 2.45) is 0 Å². The SMILES string of the molecule is C[C@H]1OCN(S(=O)(=O)c2ccc([N+](=O)[O-])cc2)[C@@H]1C(O)O. The molecule has 0 aliphatic carbocycles. The lowest BCUT2D eigenvalue weighted by atomic mass is 10.2. The highest BCUT2D eigenvalue weighted by atomic mass is 32.2. The molecule has 1 saturated heterocycles. The summed E-state index contributed by atoms with van der Waals surface area (Å²) in [7, 11) is -4.04. The van der Waals surface area contributed by atoms with Crippen molar-refractivity contribution in [3.63, 3.8) is 0 Å². The molecule has 0 unspecified atom stereocenters. The Morgan fingerprint density at radius 2 is 1.95 bits per heavy atom. The number of aliphatic hydroxyl groups excluding tert-OH is 1. The molecule has 1 aliphatic rings. The fourth-order valence-electron chi connectivity index (χ4n) is 2.11. The maximum absolute atomic E-state index is 12.4. The summed E-state index contributed by atoms with van der Waals surface area (Å²) in [6.45, 7) is 1.21. The van der Waals surface area contributed by atoms with Crippen LogP contribution < -0.4 is 0 Å². The number of nitro benzene ring substituents is 1. The molecular formula is C11H14N2O7S. The molecule has 1 aromatic carbocycles. The summed E-state index contributed by atoms with van der Waals surface area (Å²) in [6, 6.07) is 3.19. The van der Waals surface area contributed by atoms with Crippen LogP contribution in [0.1, 0.15) is 6.92 Å². The second-order valence-electron chi connectivity index (χ2n) is 4.55.